The van der Waals surface area contributed by atoms with Crippen LogP contribution < -0.4 is 14.8 Å². The van der Waals surface area contributed by atoms with Crippen LogP contribution in [0, 0.1) is 0 Å². The van der Waals surface area contributed by atoms with Gasteiger partial charge in [-0.2, -0.15) is 11.8 Å². The molecule has 1 unspecified atom stereocenters. The molecule has 1 aliphatic heterocycles. The Balaban J connectivity index is 1.79. The largest absolute Gasteiger partial charge is 0.493 e. The molecule has 1 saturated heterocycles. The van der Waals surface area contributed by atoms with Gasteiger partial charge in [-0.05, 0) is 54.0 Å². The first-order chi connectivity index (χ1) is 12.3. The van der Waals surface area contributed by atoms with E-state index < -0.39 is 0 Å². The van der Waals surface area contributed by atoms with E-state index in [0.717, 1.165) is 17.9 Å². The van der Waals surface area contributed by atoms with Gasteiger partial charge in [0.25, 0.3) is 0 Å². The average molecular weight is 358 g/mol. The summed E-state index contributed by atoms with van der Waals surface area (Å²) in [6, 6.07) is 17.9. The van der Waals surface area contributed by atoms with E-state index in [4.69, 9.17) is 9.47 Å². The van der Waals surface area contributed by atoms with Crippen LogP contribution >= 0.6 is 11.8 Å². The quantitative estimate of drug-likeness (QED) is 0.792. The third kappa shape index (κ3) is 4.93. The minimum atomic E-state index is 0.312. The first-order valence-electron chi connectivity index (χ1n) is 8.90. The van der Waals surface area contributed by atoms with Crippen LogP contribution in [0.5, 0.6) is 11.5 Å². The molecule has 2 aromatic carbocycles. The van der Waals surface area contributed by atoms with Gasteiger partial charge >= 0.3 is 0 Å². The van der Waals surface area contributed by atoms with Gasteiger partial charge in [-0.1, -0.05) is 36.4 Å². The van der Waals surface area contributed by atoms with E-state index in [9.17, 15) is 0 Å². The van der Waals surface area contributed by atoms with Crippen molar-refractivity contribution in [3.05, 3.63) is 59.7 Å². The molecule has 1 atom stereocenters. The van der Waals surface area contributed by atoms with Crippen molar-refractivity contribution in [2.45, 2.75) is 31.3 Å². The number of hydrogen-bond acceptors (Lipinski definition) is 4. The molecule has 2 aromatic rings. The fourth-order valence-electron chi connectivity index (χ4n) is 3.35. The summed E-state index contributed by atoms with van der Waals surface area (Å²) in [5, 5.41) is 3.90. The van der Waals surface area contributed by atoms with Crippen molar-refractivity contribution in [2.24, 2.45) is 0 Å². The second-order valence-electron chi connectivity index (χ2n) is 6.41. The Labute approximate surface area is 155 Å². The van der Waals surface area contributed by atoms with Crippen LogP contribution in [0.4, 0.5) is 0 Å². The molecule has 1 heterocycles. The lowest BCUT2D eigenvalue weighted by Crippen LogP contribution is -2.36. The average Bonchev–Trinajstić information content (AvgIpc) is 2.69. The molecule has 25 heavy (non-hydrogen) atoms. The highest BCUT2D eigenvalue weighted by atomic mass is 32.2. The van der Waals surface area contributed by atoms with Gasteiger partial charge < -0.3 is 14.8 Å². The molecule has 1 N–H and O–H groups in total. The van der Waals surface area contributed by atoms with Crippen LogP contribution in [-0.2, 0) is 6.42 Å². The zero-order valence-electron chi connectivity index (χ0n) is 15.0. The predicted octanol–water partition coefficient (Wildman–Crippen LogP) is 4.47. The third-order valence-corrected chi connectivity index (χ3v) is 5.80. The normalized spacial score (nSPS) is 16.4. The molecule has 3 nitrogen and oxygen atoms in total. The fraction of sp³-hybridized carbons (Fsp3) is 0.429. The van der Waals surface area contributed by atoms with E-state index >= 15 is 0 Å². The number of ether oxygens (including phenoxy) is 2. The molecular formula is C21H27NO2S. The highest BCUT2D eigenvalue weighted by Crippen LogP contribution is 2.30. The lowest BCUT2D eigenvalue weighted by atomic mass is 9.97. The first-order valence-corrected chi connectivity index (χ1v) is 10.0. The van der Waals surface area contributed by atoms with Crippen molar-refractivity contribution < 1.29 is 9.47 Å². The summed E-state index contributed by atoms with van der Waals surface area (Å²) in [5.41, 5.74) is 2.60. The maximum absolute atomic E-state index is 5.47. The summed E-state index contributed by atoms with van der Waals surface area (Å²) < 4.78 is 10.8. The van der Waals surface area contributed by atoms with Crippen molar-refractivity contribution >= 4 is 11.8 Å². The smallest absolute Gasteiger partial charge is 0.160 e. The SMILES string of the molecule is COc1ccc(CC(NC2CCSCC2)c2ccccc2)cc1OC. The fourth-order valence-corrected chi connectivity index (χ4v) is 4.46. The van der Waals surface area contributed by atoms with Crippen molar-refractivity contribution in [3.63, 3.8) is 0 Å². The molecule has 0 radical (unpaired) electrons. The molecule has 1 fully saturated rings. The molecule has 0 saturated carbocycles. The lowest BCUT2D eigenvalue weighted by Gasteiger charge is -2.29. The Bertz CT molecular complexity index is 656. The van der Waals surface area contributed by atoms with Crippen molar-refractivity contribution in [3.8, 4) is 11.5 Å². The van der Waals surface area contributed by atoms with E-state index in [1.165, 1.54) is 35.5 Å². The maximum Gasteiger partial charge on any atom is 0.160 e. The predicted molar refractivity (Wildman–Crippen MR) is 106 cm³/mol. The number of benzene rings is 2. The Hall–Kier alpha value is -1.65. The van der Waals surface area contributed by atoms with Gasteiger partial charge in [0.05, 0.1) is 14.2 Å². The van der Waals surface area contributed by atoms with Gasteiger partial charge in [-0.25, -0.2) is 0 Å². The minimum Gasteiger partial charge on any atom is -0.493 e. The Morgan fingerprint density at radius 3 is 2.40 bits per heavy atom. The van der Waals surface area contributed by atoms with Gasteiger partial charge in [-0.15, -0.1) is 0 Å². The maximum atomic E-state index is 5.47. The molecule has 0 spiro atoms. The molecule has 134 valence electrons. The number of methoxy groups -OCH3 is 2. The molecule has 0 amide bonds. The lowest BCUT2D eigenvalue weighted by molar-refractivity contribution is 0.354. The Kier molecular flexibility index (Phi) is 6.65. The first kappa shape index (κ1) is 18.2. The molecule has 1 aliphatic rings. The third-order valence-electron chi connectivity index (χ3n) is 4.75. The molecular weight excluding hydrogens is 330 g/mol. The standard InChI is InChI=1S/C21H27NO2S/c1-23-20-9-8-16(15-21(20)24-2)14-19(17-6-4-3-5-7-17)22-18-10-12-25-13-11-18/h3-9,15,18-19,22H,10-14H2,1-2H3. The van der Waals surface area contributed by atoms with E-state index in [-0.39, 0.29) is 0 Å². The number of hydrogen-bond donors (Lipinski definition) is 1. The number of thioether (sulfide) groups is 1. The van der Waals surface area contributed by atoms with Gasteiger partial charge in [0.2, 0.25) is 0 Å². The van der Waals surface area contributed by atoms with E-state index in [1.807, 2.05) is 6.07 Å². The highest BCUT2D eigenvalue weighted by Gasteiger charge is 2.20. The van der Waals surface area contributed by atoms with Gasteiger partial charge in [0, 0.05) is 12.1 Å². The van der Waals surface area contributed by atoms with Gasteiger partial charge in [0.1, 0.15) is 0 Å². The zero-order valence-corrected chi connectivity index (χ0v) is 15.9. The van der Waals surface area contributed by atoms with Crippen molar-refractivity contribution in [1.29, 1.82) is 0 Å². The minimum absolute atomic E-state index is 0.312. The van der Waals surface area contributed by atoms with Crippen LogP contribution in [-0.4, -0.2) is 31.8 Å². The second-order valence-corrected chi connectivity index (χ2v) is 7.63. The van der Waals surface area contributed by atoms with Crippen LogP contribution in [0.2, 0.25) is 0 Å². The molecule has 3 rings (SSSR count). The second kappa shape index (κ2) is 9.16. The summed E-state index contributed by atoms with van der Waals surface area (Å²) in [6.07, 6.45) is 3.44. The van der Waals surface area contributed by atoms with Crippen LogP contribution in [0.25, 0.3) is 0 Å². The number of rotatable bonds is 7. The van der Waals surface area contributed by atoms with Gasteiger partial charge in [0.15, 0.2) is 11.5 Å². The van der Waals surface area contributed by atoms with E-state index in [1.54, 1.807) is 14.2 Å². The monoisotopic (exact) mass is 357 g/mol. The molecule has 0 aliphatic carbocycles. The summed E-state index contributed by atoms with van der Waals surface area (Å²) in [4.78, 5) is 0. The zero-order chi connectivity index (χ0) is 17.5. The Morgan fingerprint density at radius 2 is 1.72 bits per heavy atom. The Morgan fingerprint density at radius 1 is 1.00 bits per heavy atom. The van der Waals surface area contributed by atoms with Crippen LogP contribution in [0.3, 0.4) is 0 Å². The molecule has 0 aromatic heterocycles. The van der Waals surface area contributed by atoms with Gasteiger partial charge in [-0.3, -0.25) is 0 Å². The molecule has 0 bridgehead atoms. The van der Waals surface area contributed by atoms with Crippen LogP contribution in [0.15, 0.2) is 48.5 Å². The van der Waals surface area contributed by atoms with Crippen molar-refractivity contribution in [1.82, 2.24) is 5.32 Å². The summed E-state index contributed by atoms with van der Waals surface area (Å²) in [5.74, 6) is 4.09. The highest BCUT2D eigenvalue weighted by molar-refractivity contribution is 7.99. The topological polar surface area (TPSA) is 30.5 Å². The van der Waals surface area contributed by atoms with E-state index in [2.05, 4.69) is 59.5 Å². The van der Waals surface area contributed by atoms with Crippen LogP contribution in [0.1, 0.15) is 30.0 Å². The summed E-state index contributed by atoms with van der Waals surface area (Å²) >= 11 is 2.06. The molecule has 4 heteroatoms. The summed E-state index contributed by atoms with van der Waals surface area (Å²) in [6.45, 7) is 0. The van der Waals surface area contributed by atoms with E-state index in [0.29, 0.717) is 12.1 Å². The number of nitrogens with one attached hydrogen (secondary N) is 1. The van der Waals surface area contributed by atoms with Crippen molar-refractivity contribution in [2.75, 3.05) is 25.7 Å². The summed E-state index contributed by atoms with van der Waals surface area (Å²) in [7, 11) is 3.36.